The number of carbonyl (C=O) groups is 2. The molecule has 2 unspecified atom stereocenters. The third kappa shape index (κ3) is 5.62. The van der Waals surface area contributed by atoms with Gasteiger partial charge in [-0.25, -0.2) is 4.79 Å². The second-order valence-corrected chi connectivity index (χ2v) is 6.60. The Hall–Kier alpha value is -2.28. The van der Waals surface area contributed by atoms with Crippen molar-refractivity contribution in [2.45, 2.75) is 26.2 Å². The van der Waals surface area contributed by atoms with Crippen LogP contribution in [0.25, 0.3) is 0 Å². The van der Waals surface area contributed by atoms with E-state index in [9.17, 15) is 9.59 Å². The minimum Gasteiger partial charge on any atom is -0.497 e. The lowest BCUT2D eigenvalue weighted by Gasteiger charge is -2.38. The Labute approximate surface area is 154 Å². The third-order valence-electron chi connectivity index (χ3n) is 4.91. The van der Waals surface area contributed by atoms with Crippen LogP contribution in [0, 0.1) is 11.8 Å². The van der Waals surface area contributed by atoms with Crippen LogP contribution >= 0.6 is 0 Å². The Balaban J connectivity index is 1.90. The number of nitrogens with zero attached hydrogens (tertiary/aromatic N) is 1. The highest BCUT2D eigenvalue weighted by atomic mass is 16.5. The van der Waals surface area contributed by atoms with Crippen molar-refractivity contribution in [2.24, 2.45) is 11.8 Å². The first-order valence-corrected chi connectivity index (χ1v) is 9.14. The number of rotatable bonds is 7. The zero-order valence-electron chi connectivity index (χ0n) is 15.5. The van der Waals surface area contributed by atoms with Crippen molar-refractivity contribution in [3.05, 3.63) is 24.3 Å². The molecule has 1 aliphatic rings. The van der Waals surface area contributed by atoms with E-state index in [1.165, 1.54) is 0 Å². The number of likely N-dealkylation sites (tertiary alicyclic amines) is 1. The highest BCUT2D eigenvalue weighted by Gasteiger charge is 2.31. The van der Waals surface area contributed by atoms with Gasteiger partial charge in [0.25, 0.3) is 0 Å². The molecule has 0 bridgehead atoms. The molecule has 3 N–H and O–H groups in total. The summed E-state index contributed by atoms with van der Waals surface area (Å²) in [5.41, 5.74) is 0.702. The number of piperidine rings is 1. The summed E-state index contributed by atoms with van der Waals surface area (Å²) in [6.45, 7) is 3.60. The summed E-state index contributed by atoms with van der Waals surface area (Å²) in [6.07, 6.45) is 2.17. The van der Waals surface area contributed by atoms with E-state index in [1.807, 2.05) is 23.1 Å². The Morgan fingerprint density at radius 3 is 2.85 bits per heavy atom. The van der Waals surface area contributed by atoms with Gasteiger partial charge in [-0.05, 0) is 30.4 Å². The van der Waals surface area contributed by atoms with Gasteiger partial charge in [0.1, 0.15) is 5.75 Å². The summed E-state index contributed by atoms with van der Waals surface area (Å²) >= 11 is 0. The Morgan fingerprint density at radius 1 is 1.35 bits per heavy atom. The normalized spacial score (nSPS) is 19.7. The van der Waals surface area contributed by atoms with Gasteiger partial charge in [-0.1, -0.05) is 19.4 Å². The molecular weight excluding hydrogens is 334 g/mol. The van der Waals surface area contributed by atoms with Gasteiger partial charge in [-0.15, -0.1) is 0 Å². The number of urea groups is 1. The molecule has 1 saturated heterocycles. The van der Waals surface area contributed by atoms with Gasteiger partial charge in [0.2, 0.25) is 5.91 Å². The van der Waals surface area contributed by atoms with E-state index in [0.717, 1.165) is 12.8 Å². The quantitative estimate of drug-likeness (QED) is 0.692. The van der Waals surface area contributed by atoms with E-state index in [-0.39, 0.29) is 31.0 Å². The van der Waals surface area contributed by atoms with E-state index >= 15 is 0 Å². The van der Waals surface area contributed by atoms with Crippen LogP contribution < -0.4 is 15.4 Å². The molecule has 3 amide bonds. The maximum atomic E-state index is 12.6. The van der Waals surface area contributed by atoms with Crippen LogP contribution in [0.3, 0.4) is 0 Å². The highest BCUT2D eigenvalue weighted by Crippen LogP contribution is 2.29. The molecule has 1 aromatic rings. The molecule has 1 heterocycles. The molecule has 0 aromatic heterocycles. The molecule has 7 heteroatoms. The standard InChI is InChI=1S/C19H29N3O4/c1-3-14-13-22(9-7-15(14)11-18(24)20-8-10-23)19(25)21-16-5-4-6-17(12-16)26-2/h4-6,12,14-15,23H,3,7-11,13H2,1-2H3,(H,20,24)(H,21,25). The van der Waals surface area contributed by atoms with Gasteiger partial charge in [-0.2, -0.15) is 0 Å². The summed E-state index contributed by atoms with van der Waals surface area (Å²) in [4.78, 5) is 26.3. The molecule has 26 heavy (non-hydrogen) atoms. The fourth-order valence-electron chi connectivity index (χ4n) is 3.41. The average molecular weight is 363 g/mol. The first-order chi connectivity index (χ1) is 12.6. The molecule has 0 saturated carbocycles. The number of hydrogen-bond donors (Lipinski definition) is 3. The van der Waals surface area contributed by atoms with Crippen molar-refractivity contribution >= 4 is 17.6 Å². The number of methoxy groups -OCH3 is 1. The van der Waals surface area contributed by atoms with Crippen LogP contribution in [0.4, 0.5) is 10.5 Å². The number of ether oxygens (including phenoxy) is 1. The number of amides is 3. The number of hydrogen-bond acceptors (Lipinski definition) is 4. The molecule has 0 aliphatic carbocycles. The van der Waals surface area contributed by atoms with Gasteiger partial charge in [0, 0.05) is 37.8 Å². The number of nitrogens with one attached hydrogen (secondary N) is 2. The van der Waals surface area contributed by atoms with Crippen molar-refractivity contribution in [1.29, 1.82) is 0 Å². The molecule has 1 aromatic carbocycles. The number of aliphatic hydroxyl groups is 1. The minimum atomic E-state index is -0.125. The fourth-order valence-corrected chi connectivity index (χ4v) is 3.41. The van der Waals surface area contributed by atoms with Crippen LogP contribution in [-0.2, 0) is 4.79 Å². The van der Waals surface area contributed by atoms with Gasteiger partial charge >= 0.3 is 6.03 Å². The molecule has 0 radical (unpaired) electrons. The van der Waals surface area contributed by atoms with Gasteiger partial charge in [0.15, 0.2) is 0 Å². The summed E-state index contributed by atoms with van der Waals surface area (Å²) in [6, 6.07) is 7.15. The predicted molar refractivity (Wildman–Crippen MR) is 100 cm³/mol. The van der Waals surface area contributed by atoms with Crippen molar-refractivity contribution in [3.63, 3.8) is 0 Å². The van der Waals surface area contributed by atoms with Gasteiger partial charge in [-0.3, -0.25) is 4.79 Å². The highest BCUT2D eigenvalue weighted by molar-refractivity contribution is 5.89. The molecule has 2 rings (SSSR count). The second kappa shape index (κ2) is 10.0. The number of benzene rings is 1. The average Bonchev–Trinajstić information content (AvgIpc) is 2.66. The first-order valence-electron chi connectivity index (χ1n) is 9.14. The summed E-state index contributed by atoms with van der Waals surface area (Å²) < 4.78 is 5.18. The summed E-state index contributed by atoms with van der Waals surface area (Å²) in [5.74, 6) is 1.22. The van der Waals surface area contributed by atoms with Crippen molar-refractivity contribution in [1.82, 2.24) is 10.2 Å². The maximum Gasteiger partial charge on any atom is 0.321 e. The maximum absolute atomic E-state index is 12.6. The van der Waals surface area contributed by atoms with E-state index in [1.54, 1.807) is 13.2 Å². The zero-order chi connectivity index (χ0) is 18.9. The Kier molecular flexibility index (Phi) is 7.72. The van der Waals surface area contributed by atoms with Crippen LogP contribution in [0.15, 0.2) is 24.3 Å². The lowest BCUT2D eigenvalue weighted by molar-refractivity contribution is -0.123. The van der Waals surface area contributed by atoms with Crippen molar-refractivity contribution < 1.29 is 19.4 Å². The summed E-state index contributed by atoms with van der Waals surface area (Å²) in [7, 11) is 1.59. The third-order valence-corrected chi connectivity index (χ3v) is 4.91. The van der Waals surface area contributed by atoms with Gasteiger partial charge in [0.05, 0.1) is 13.7 Å². The molecule has 2 atom stereocenters. The van der Waals surface area contributed by atoms with Crippen LogP contribution in [0.1, 0.15) is 26.2 Å². The zero-order valence-corrected chi connectivity index (χ0v) is 15.5. The molecule has 0 spiro atoms. The number of anilines is 1. The lowest BCUT2D eigenvalue weighted by atomic mass is 9.81. The van der Waals surface area contributed by atoms with E-state index < -0.39 is 0 Å². The Bertz CT molecular complexity index is 608. The lowest BCUT2D eigenvalue weighted by Crippen LogP contribution is -2.46. The fraction of sp³-hybridized carbons (Fsp3) is 0.579. The largest absolute Gasteiger partial charge is 0.497 e. The smallest absolute Gasteiger partial charge is 0.321 e. The predicted octanol–water partition coefficient (Wildman–Crippen LogP) is 2.07. The molecule has 144 valence electrons. The molecule has 7 nitrogen and oxygen atoms in total. The molecule has 1 fully saturated rings. The summed E-state index contributed by atoms with van der Waals surface area (Å²) in [5, 5.41) is 14.4. The van der Waals surface area contributed by atoms with Crippen LogP contribution in [0.2, 0.25) is 0 Å². The topological polar surface area (TPSA) is 90.9 Å². The Morgan fingerprint density at radius 2 is 2.15 bits per heavy atom. The monoisotopic (exact) mass is 363 g/mol. The van der Waals surface area contributed by atoms with Crippen LogP contribution in [-0.4, -0.2) is 55.3 Å². The SMILES string of the molecule is CCC1CN(C(=O)Nc2cccc(OC)c2)CCC1CC(=O)NCCO. The first kappa shape index (κ1) is 20.0. The second-order valence-electron chi connectivity index (χ2n) is 6.60. The molecular formula is C19H29N3O4. The van der Waals surface area contributed by atoms with Crippen molar-refractivity contribution in [2.75, 3.05) is 38.7 Å². The van der Waals surface area contributed by atoms with Gasteiger partial charge < -0.3 is 25.4 Å². The van der Waals surface area contributed by atoms with E-state index in [4.69, 9.17) is 9.84 Å². The number of aliphatic hydroxyl groups excluding tert-OH is 1. The molecule has 1 aliphatic heterocycles. The van der Waals surface area contributed by atoms with Crippen LogP contribution in [0.5, 0.6) is 5.75 Å². The van der Waals surface area contributed by atoms with E-state index in [0.29, 0.717) is 36.9 Å². The van der Waals surface area contributed by atoms with Crippen molar-refractivity contribution in [3.8, 4) is 5.75 Å². The number of carbonyl (C=O) groups excluding carboxylic acids is 2. The minimum absolute atomic E-state index is 0.0308. The van der Waals surface area contributed by atoms with E-state index in [2.05, 4.69) is 17.6 Å².